The van der Waals surface area contributed by atoms with Crippen molar-refractivity contribution in [3.8, 4) is 0 Å². The summed E-state index contributed by atoms with van der Waals surface area (Å²) in [7, 11) is 0. The van der Waals surface area contributed by atoms with Gasteiger partial charge in [-0.1, -0.05) is 0 Å². The highest BCUT2D eigenvalue weighted by Crippen LogP contribution is 2.28. The zero-order chi connectivity index (χ0) is 9.26. The summed E-state index contributed by atoms with van der Waals surface area (Å²) in [5, 5.41) is 3.65. The molecule has 0 aliphatic heterocycles. The molecule has 0 radical (unpaired) electrons. The van der Waals surface area contributed by atoms with Gasteiger partial charge >= 0.3 is 0 Å². The lowest BCUT2D eigenvalue weighted by Gasteiger charge is -1.85. The summed E-state index contributed by atoms with van der Waals surface area (Å²) in [6.45, 7) is 0. The summed E-state index contributed by atoms with van der Waals surface area (Å²) < 4.78 is 13.4. The minimum Gasteiger partial charge on any atom is -0.235 e. The third-order valence-corrected chi connectivity index (χ3v) is 2.37. The average Bonchev–Trinajstić information content (AvgIpc) is 2.46. The van der Waals surface area contributed by atoms with Crippen LogP contribution in [0.15, 0.2) is 23.3 Å². The van der Waals surface area contributed by atoms with Gasteiger partial charge < -0.3 is 0 Å². The molecule has 0 aliphatic carbocycles. The second-order valence-electron chi connectivity index (χ2n) is 2.30. The van der Waals surface area contributed by atoms with Gasteiger partial charge in [0.1, 0.15) is 5.82 Å². The Kier molecular flexibility index (Phi) is 1.84. The van der Waals surface area contributed by atoms with Crippen molar-refractivity contribution in [2.75, 3.05) is 0 Å². The van der Waals surface area contributed by atoms with E-state index in [0.29, 0.717) is 15.3 Å². The molecule has 0 atom stereocenters. The molecule has 0 saturated carbocycles. The third kappa shape index (κ3) is 1.44. The number of halogens is 1. The predicted octanol–water partition coefficient (Wildman–Crippen LogP) is 3.38. The van der Waals surface area contributed by atoms with Gasteiger partial charge in [0.2, 0.25) is 0 Å². The summed E-state index contributed by atoms with van der Waals surface area (Å²) in [6, 6.07) is 4.24. The summed E-state index contributed by atoms with van der Waals surface area (Å²) in [5.41, 5.74) is 8.80. The van der Waals surface area contributed by atoms with E-state index in [2.05, 4.69) is 15.0 Å². The molecule has 0 unspecified atom stereocenters. The lowest BCUT2D eigenvalue weighted by molar-refractivity contribution is 0.630. The monoisotopic (exact) mass is 194 g/mol. The molecule has 0 N–H and O–H groups in total. The highest BCUT2D eigenvalue weighted by atomic mass is 32.1. The Hall–Kier alpha value is -1.65. The van der Waals surface area contributed by atoms with E-state index in [0.717, 1.165) is 11.3 Å². The number of fused-ring (bicyclic) bond motifs is 1. The summed E-state index contributed by atoms with van der Waals surface area (Å²) >= 11 is 1.16. The van der Waals surface area contributed by atoms with Gasteiger partial charge in [0.05, 0.1) is 10.2 Å². The Morgan fingerprint density at radius 3 is 3.15 bits per heavy atom. The third-order valence-electron chi connectivity index (χ3n) is 1.47. The summed E-state index contributed by atoms with van der Waals surface area (Å²) in [5.74, 6) is -0.316. The first-order valence-electron chi connectivity index (χ1n) is 3.41. The van der Waals surface area contributed by atoms with Crippen molar-refractivity contribution < 1.29 is 4.39 Å². The molecular formula is C7H3FN4S. The van der Waals surface area contributed by atoms with Gasteiger partial charge in [-0.05, 0) is 28.8 Å². The van der Waals surface area contributed by atoms with Crippen molar-refractivity contribution in [1.29, 1.82) is 0 Å². The second-order valence-corrected chi connectivity index (χ2v) is 3.31. The van der Waals surface area contributed by atoms with Crippen LogP contribution in [0, 0.1) is 5.82 Å². The van der Waals surface area contributed by atoms with Crippen LogP contribution in [0.1, 0.15) is 0 Å². The molecule has 2 aromatic rings. The molecule has 0 bridgehead atoms. The van der Waals surface area contributed by atoms with E-state index in [1.165, 1.54) is 12.1 Å². The molecule has 13 heavy (non-hydrogen) atoms. The normalized spacial score (nSPS) is 9.92. The number of hydrogen-bond donors (Lipinski definition) is 0. The van der Waals surface area contributed by atoms with Crippen LogP contribution < -0.4 is 0 Å². The maximum atomic E-state index is 12.7. The molecule has 6 heteroatoms. The van der Waals surface area contributed by atoms with Gasteiger partial charge in [-0.15, -0.1) is 11.3 Å². The van der Waals surface area contributed by atoms with Gasteiger partial charge in [-0.2, -0.15) is 0 Å². The van der Waals surface area contributed by atoms with Crippen molar-refractivity contribution in [3.63, 3.8) is 0 Å². The zero-order valence-electron chi connectivity index (χ0n) is 6.31. The van der Waals surface area contributed by atoms with Crippen LogP contribution in [-0.2, 0) is 0 Å². The topological polar surface area (TPSA) is 61.7 Å². The Morgan fingerprint density at radius 2 is 2.38 bits per heavy atom. The maximum absolute atomic E-state index is 12.7. The highest BCUT2D eigenvalue weighted by Gasteiger charge is 2.02. The van der Waals surface area contributed by atoms with Crippen LogP contribution in [-0.4, -0.2) is 4.98 Å². The minimum atomic E-state index is -0.316. The van der Waals surface area contributed by atoms with Crippen molar-refractivity contribution in [2.45, 2.75) is 0 Å². The number of azide groups is 1. The van der Waals surface area contributed by atoms with Crippen molar-refractivity contribution in [1.82, 2.24) is 4.98 Å². The van der Waals surface area contributed by atoms with Gasteiger partial charge in [-0.25, -0.2) is 9.37 Å². The second kappa shape index (κ2) is 3.01. The number of rotatable bonds is 1. The van der Waals surface area contributed by atoms with E-state index in [1.54, 1.807) is 6.07 Å². The average molecular weight is 194 g/mol. The van der Waals surface area contributed by atoms with E-state index < -0.39 is 0 Å². The van der Waals surface area contributed by atoms with Crippen molar-refractivity contribution in [2.24, 2.45) is 5.11 Å². The maximum Gasteiger partial charge on any atom is 0.181 e. The summed E-state index contributed by atoms with van der Waals surface area (Å²) in [4.78, 5) is 6.58. The number of aromatic nitrogens is 1. The first kappa shape index (κ1) is 7.97. The molecule has 1 aromatic heterocycles. The lowest BCUT2D eigenvalue weighted by atomic mass is 10.3. The fraction of sp³-hybridized carbons (Fsp3) is 0. The van der Waals surface area contributed by atoms with Crippen LogP contribution in [0.2, 0.25) is 0 Å². The van der Waals surface area contributed by atoms with Crippen LogP contribution >= 0.6 is 11.3 Å². The predicted molar refractivity (Wildman–Crippen MR) is 48.4 cm³/mol. The SMILES string of the molecule is [N-]=[N+]=Nc1nc2ccc(F)cc2s1. The molecule has 0 fully saturated rings. The number of nitrogens with zero attached hydrogens (tertiary/aromatic N) is 4. The molecule has 2 rings (SSSR count). The molecule has 0 saturated heterocycles. The molecule has 4 nitrogen and oxygen atoms in total. The molecular weight excluding hydrogens is 191 g/mol. The van der Waals surface area contributed by atoms with Crippen LogP contribution in [0.4, 0.5) is 9.52 Å². The summed E-state index contributed by atoms with van der Waals surface area (Å²) in [6.07, 6.45) is 0. The van der Waals surface area contributed by atoms with Crippen LogP contribution in [0.3, 0.4) is 0 Å². The Bertz CT molecular complexity index is 500. The minimum absolute atomic E-state index is 0.308. The number of benzene rings is 1. The van der Waals surface area contributed by atoms with Gasteiger partial charge in [0.25, 0.3) is 0 Å². The molecule has 64 valence electrons. The van der Waals surface area contributed by atoms with Gasteiger partial charge in [0, 0.05) is 4.91 Å². The van der Waals surface area contributed by atoms with E-state index in [1.807, 2.05) is 0 Å². The first-order chi connectivity index (χ1) is 6.29. The Morgan fingerprint density at radius 1 is 1.54 bits per heavy atom. The standard InChI is InChI=1S/C7H3FN4S/c8-4-1-2-5-6(3-4)13-7(10-5)11-12-9/h1-3H. The first-order valence-corrected chi connectivity index (χ1v) is 4.22. The molecule has 1 aromatic carbocycles. The molecule has 0 amide bonds. The van der Waals surface area contributed by atoms with E-state index in [4.69, 9.17) is 5.53 Å². The number of thiazole rings is 1. The van der Waals surface area contributed by atoms with E-state index >= 15 is 0 Å². The van der Waals surface area contributed by atoms with Gasteiger partial charge in [0.15, 0.2) is 5.13 Å². The number of hydrogen-bond acceptors (Lipinski definition) is 3. The van der Waals surface area contributed by atoms with Crippen molar-refractivity contribution in [3.05, 3.63) is 34.5 Å². The molecule has 1 heterocycles. The van der Waals surface area contributed by atoms with Crippen LogP contribution in [0.5, 0.6) is 0 Å². The smallest absolute Gasteiger partial charge is 0.181 e. The van der Waals surface area contributed by atoms with Crippen LogP contribution in [0.25, 0.3) is 20.7 Å². The fourth-order valence-electron chi connectivity index (χ4n) is 0.967. The van der Waals surface area contributed by atoms with E-state index in [-0.39, 0.29) is 5.82 Å². The zero-order valence-corrected chi connectivity index (χ0v) is 7.12. The Labute approximate surface area is 76.3 Å². The van der Waals surface area contributed by atoms with Crippen molar-refractivity contribution >= 4 is 26.7 Å². The Balaban J connectivity index is 2.68. The largest absolute Gasteiger partial charge is 0.235 e. The van der Waals surface area contributed by atoms with E-state index in [9.17, 15) is 4.39 Å². The van der Waals surface area contributed by atoms with Gasteiger partial charge in [-0.3, -0.25) is 0 Å². The molecule has 0 aliphatic rings. The molecule has 0 spiro atoms. The lowest BCUT2D eigenvalue weighted by Crippen LogP contribution is -1.70. The quantitative estimate of drug-likeness (QED) is 0.390. The fourth-order valence-corrected chi connectivity index (χ4v) is 1.78. The highest BCUT2D eigenvalue weighted by molar-refractivity contribution is 7.21.